The molecule has 1 aliphatic rings. The largest absolute Gasteiger partial charge is 0.149 e. The van der Waals surface area contributed by atoms with Crippen molar-refractivity contribution in [2.24, 2.45) is 0 Å². The first kappa shape index (κ1) is 7.10. The van der Waals surface area contributed by atoms with Gasteiger partial charge in [0.15, 0.2) is 0 Å². The van der Waals surface area contributed by atoms with Gasteiger partial charge in [0.2, 0.25) is 0 Å². The Hall–Kier alpha value is 0.430. The molecule has 0 saturated heterocycles. The third-order valence-electron chi connectivity index (χ3n) is 1.98. The lowest BCUT2D eigenvalue weighted by molar-refractivity contribution is 0.700. The predicted octanol–water partition coefficient (Wildman–Crippen LogP) is 3.56. The Kier molecular flexibility index (Phi) is 2.00. The lowest BCUT2D eigenvalue weighted by atomic mass is 10.00. The van der Waals surface area contributed by atoms with Gasteiger partial charge >= 0.3 is 0 Å². The molecule has 1 aromatic heterocycles. The van der Waals surface area contributed by atoms with E-state index >= 15 is 0 Å². The number of halogens is 1. The molecule has 0 amide bonds. The van der Waals surface area contributed by atoms with Gasteiger partial charge in [0, 0.05) is 8.80 Å². The fraction of sp³-hybridized carbons (Fsp3) is 0.500. The van der Waals surface area contributed by atoms with E-state index in [4.69, 9.17) is 0 Å². The van der Waals surface area contributed by atoms with Gasteiger partial charge in [-0.2, -0.15) is 0 Å². The first-order valence-electron chi connectivity index (χ1n) is 3.58. The van der Waals surface area contributed by atoms with Crippen LogP contribution in [0.25, 0.3) is 0 Å². The molecule has 0 aliphatic heterocycles. The molecule has 1 atom stereocenters. The summed E-state index contributed by atoms with van der Waals surface area (Å²) in [6.45, 7) is 0. The zero-order valence-corrected chi connectivity index (χ0v) is 8.61. The molecular formula is C8H9IS. The van der Waals surface area contributed by atoms with E-state index in [9.17, 15) is 0 Å². The minimum atomic E-state index is 0.799. The van der Waals surface area contributed by atoms with Crippen LogP contribution in [-0.4, -0.2) is 0 Å². The normalized spacial score (nSPS) is 24.3. The highest BCUT2D eigenvalue weighted by Gasteiger charge is 2.17. The van der Waals surface area contributed by atoms with Crippen LogP contribution in [-0.2, 0) is 6.42 Å². The van der Waals surface area contributed by atoms with Crippen LogP contribution in [0, 0.1) is 0 Å². The summed E-state index contributed by atoms with van der Waals surface area (Å²) < 4.78 is 0.799. The predicted molar refractivity (Wildman–Crippen MR) is 54.0 cm³/mol. The van der Waals surface area contributed by atoms with Gasteiger partial charge in [-0.3, -0.25) is 0 Å². The summed E-state index contributed by atoms with van der Waals surface area (Å²) in [5.74, 6) is 0. The second-order valence-electron chi connectivity index (χ2n) is 2.66. The quantitative estimate of drug-likeness (QED) is 0.496. The third-order valence-corrected chi connectivity index (χ3v) is 4.27. The average molecular weight is 264 g/mol. The molecule has 2 heteroatoms. The molecule has 1 aromatic rings. The van der Waals surface area contributed by atoms with Crippen LogP contribution in [0.4, 0.5) is 0 Å². The molecule has 10 heavy (non-hydrogen) atoms. The molecule has 0 spiro atoms. The van der Waals surface area contributed by atoms with Crippen LogP contribution in [0.3, 0.4) is 0 Å². The number of hydrogen-bond acceptors (Lipinski definition) is 1. The maximum Gasteiger partial charge on any atom is 0.0370 e. The van der Waals surface area contributed by atoms with Crippen LogP contribution >= 0.6 is 33.9 Å². The van der Waals surface area contributed by atoms with Crippen molar-refractivity contribution in [2.45, 2.75) is 23.2 Å². The van der Waals surface area contributed by atoms with E-state index in [2.05, 4.69) is 34.0 Å². The molecule has 0 nitrogen and oxygen atoms in total. The first-order valence-corrected chi connectivity index (χ1v) is 5.71. The number of alkyl halides is 1. The zero-order valence-electron chi connectivity index (χ0n) is 5.64. The fourth-order valence-corrected chi connectivity index (χ4v) is 3.65. The Morgan fingerprint density at radius 3 is 3.30 bits per heavy atom. The van der Waals surface area contributed by atoms with Gasteiger partial charge in [-0.15, -0.1) is 11.3 Å². The highest BCUT2D eigenvalue weighted by Crippen LogP contribution is 2.38. The number of aryl methyl sites for hydroxylation is 1. The van der Waals surface area contributed by atoms with Crippen molar-refractivity contribution >= 4 is 33.9 Å². The van der Waals surface area contributed by atoms with Gasteiger partial charge < -0.3 is 0 Å². The van der Waals surface area contributed by atoms with Gasteiger partial charge in [-0.05, 0) is 36.3 Å². The Labute approximate surface area is 78.8 Å². The van der Waals surface area contributed by atoms with Crippen molar-refractivity contribution in [1.82, 2.24) is 0 Å². The molecule has 0 N–H and O–H groups in total. The van der Waals surface area contributed by atoms with E-state index in [1.165, 1.54) is 19.3 Å². The summed E-state index contributed by atoms with van der Waals surface area (Å²) >= 11 is 4.48. The van der Waals surface area contributed by atoms with E-state index in [0.29, 0.717) is 0 Å². The van der Waals surface area contributed by atoms with Crippen LogP contribution in [0.5, 0.6) is 0 Å². The molecule has 0 fully saturated rings. The SMILES string of the molecule is IC1CCCc2sccc21. The van der Waals surface area contributed by atoms with E-state index in [1.54, 1.807) is 10.4 Å². The lowest BCUT2D eigenvalue weighted by Crippen LogP contribution is -1.99. The molecule has 1 unspecified atom stereocenters. The maximum atomic E-state index is 2.55. The van der Waals surface area contributed by atoms with Crippen molar-refractivity contribution < 1.29 is 0 Å². The third kappa shape index (κ3) is 1.11. The summed E-state index contributed by atoms with van der Waals surface area (Å²) in [5, 5.41) is 2.22. The number of rotatable bonds is 0. The molecule has 54 valence electrons. The second kappa shape index (κ2) is 2.81. The first-order chi connectivity index (χ1) is 4.88. The van der Waals surface area contributed by atoms with Crippen LogP contribution in [0.1, 0.15) is 27.2 Å². The Morgan fingerprint density at radius 2 is 2.50 bits per heavy atom. The van der Waals surface area contributed by atoms with Crippen LogP contribution in [0.15, 0.2) is 11.4 Å². The molecule has 0 saturated carbocycles. The van der Waals surface area contributed by atoms with Gasteiger partial charge in [0.05, 0.1) is 0 Å². The number of hydrogen-bond donors (Lipinski definition) is 0. The highest BCUT2D eigenvalue weighted by molar-refractivity contribution is 14.1. The van der Waals surface area contributed by atoms with Gasteiger partial charge in [-0.1, -0.05) is 22.6 Å². The average Bonchev–Trinajstić information content (AvgIpc) is 2.36. The Bertz CT molecular complexity index is 229. The smallest absolute Gasteiger partial charge is 0.0370 e. The standard InChI is InChI=1S/C8H9IS/c9-7-2-1-3-8-6(7)4-5-10-8/h4-5,7H,1-3H2. The molecular weight excluding hydrogens is 255 g/mol. The van der Waals surface area contributed by atoms with E-state index in [-0.39, 0.29) is 0 Å². The van der Waals surface area contributed by atoms with Crippen molar-refractivity contribution in [3.63, 3.8) is 0 Å². The van der Waals surface area contributed by atoms with E-state index in [0.717, 1.165) is 3.92 Å². The molecule has 2 rings (SSSR count). The summed E-state index contributed by atoms with van der Waals surface area (Å²) in [6.07, 6.45) is 4.10. The summed E-state index contributed by atoms with van der Waals surface area (Å²) in [4.78, 5) is 1.63. The number of fused-ring (bicyclic) bond motifs is 1. The van der Waals surface area contributed by atoms with Crippen LogP contribution < -0.4 is 0 Å². The van der Waals surface area contributed by atoms with Crippen molar-refractivity contribution in [2.75, 3.05) is 0 Å². The molecule has 0 radical (unpaired) electrons. The fourth-order valence-electron chi connectivity index (χ4n) is 1.43. The highest BCUT2D eigenvalue weighted by atomic mass is 127. The molecule has 1 aliphatic carbocycles. The summed E-state index contributed by atoms with van der Waals surface area (Å²) in [6, 6.07) is 2.29. The van der Waals surface area contributed by atoms with Gasteiger partial charge in [0.25, 0.3) is 0 Å². The van der Waals surface area contributed by atoms with E-state index in [1.807, 2.05) is 11.3 Å². The number of thiophene rings is 1. The minimum absolute atomic E-state index is 0.799. The van der Waals surface area contributed by atoms with Gasteiger partial charge in [0.1, 0.15) is 0 Å². The Morgan fingerprint density at radius 1 is 1.60 bits per heavy atom. The Balaban J connectivity index is 2.41. The van der Waals surface area contributed by atoms with Crippen molar-refractivity contribution in [3.8, 4) is 0 Å². The zero-order chi connectivity index (χ0) is 6.97. The van der Waals surface area contributed by atoms with Crippen molar-refractivity contribution in [1.29, 1.82) is 0 Å². The van der Waals surface area contributed by atoms with Crippen molar-refractivity contribution in [3.05, 3.63) is 21.9 Å². The van der Waals surface area contributed by atoms with Crippen LogP contribution in [0.2, 0.25) is 0 Å². The van der Waals surface area contributed by atoms with Gasteiger partial charge in [-0.25, -0.2) is 0 Å². The minimum Gasteiger partial charge on any atom is -0.149 e. The second-order valence-corrected chi connectivity index (χ2v) is 5.16. The molecule has 1 heterocycles. The summed E-state index contributed by atoms with van der Waals surface area (Å²) in [5.41, 5.74) is 1.61. The maximum absolute atomic E-state index is 2.55. The monoisotopic (exact) mass is 264 g/mol. The molecule has 0 aromatic carbocycles. The van der Waals surface area contributed by atoms with E-state index < -0.39 is 0 Å². The summed E-state index contributed by atoms with van der Waals surface area (Å²) in [7, 11) is 0. The molecule has 0 bridgehead atoms. The topological polar surface area (TPSA) is 0 Å². The lowest BCUT2D eigenvalue weighted by Gasteiger charge is -2.16.